The summed E-state index contributed by atoms with van der Waals surface area (Å²) in [5, 5.41) is 8.73. The number of hydrogen-bond donors (Lipinski definition) is 1. The number of ether oxygens (including phenoxy) is 2. The summed E-state index contributed by atoms with van der Waals surface area (Å²) in [6.07, 6.45) is 0. The lowest BCUT2D eigenvalue weighted by Crippen LogP contribution is -2.25. The highest BCUT2D eigenvalue weighted by Crippen LogP contribution is 2.29. The Morgan fingerprint density at radius 2 is 1.92 bits per heavy atom. The molecule has 0 unspecified atom stereocenters. The lowest BCUT2D eigenvalue weighted by Gasteiger charge is -2.18. The molecule has 7 heteroatoms. The molecule has 1 heterocycles. The predicted octanol–water partition coefficient (Wildman–Crippen LogP) is 3.19. The van der Waals surface area contributed by atoms with E-state index < -0.39 is 12.6 Å². The Labute approximate surface area is 150 Å². The van der Waals surface area contributed by atoms with Crippen LogP contribution in [0.2, 0.25) is 0 Å². The molecule has 0 aliphatic heterocycles. The lowest BCUT2D eigenvalue weighted by molar-refractivity contribution is -0.139. The monoisotopic (exact) mass is 363 g/mol. The van der Waals surface area contributed by atoms with Crippen molar-refractivity contribution < 1.29 is 24.2 Å². The van der Waals surface area contributed by atoms with Gasteiger partial charge in [0.2, 0.25) is 0 Å². The van der Waals surface area contributed by atoms with Crippen LogP contribution < -0.4 is 9.47 Å². The second-order valence-electron chi connectivity index (χ2n) is 5.45. The fourth-order valence-electron chi connectivity index (χ4n) is 2.26. The highest BCUT2D eigenvalue weighted by Gasteiger charge is 2.16. The number of aryl methyl sites for hydroxylation is 1. The highest BCUT2D eigenvalue weighted by molar-refractivity contribution is 7.11. The summed E-state index contributed by atoms with van der Waals surface area (Å²) in [6, 6.07) is 8.79. The van der Waals surface area contributed by atoms with Gasteiger partial charge in [-0.05, 0) is 44.2 Å². The van der Waals surface area contributed by atoms with Crippen LogP contribution in [0.5, 0.6) is 11.5 Å². The standard InChI is InChI=1S/C18H21NO5S/c1-4-23-16-9-13(6-8-15(16)24-11-17(20)21)18(22)19(3)10-14-7-5-12(2)25-14/h5-9H,4,10-11H2,1-3H3,(H,20,21). The normalized spacial score (nSPS) is 10.4. The first-order valence-electron chi connectivity index (χ1n) is 7.83. The Morgan fingerprint density at radius 1 is 1.16 bits per heavy atom. The minimum atomic E-state index is -1.08. The topological polar surface area (TPSA) is 76.1 Å². The molecule has 0 fully saturated rings. The van der Waals surface area contributed by atoms with Crippen LogP contribution in [-0.4, -0.2) is 42.1 Å². The highest BCUT2D eigenvalue weighted by atomic mass is 32.1. The van der Waals surface area contributed by atoms with Crippen molar-refractivity contribution in [3.8, 4) is 11.5 Å². The summed E-state index contributed by atoms with van der Waals surface area (Å²) in [7, 11) is 1.74. The van der Waals surface area contributed by atoms with Crippen LogP contribution in [0.15, 0.2) is 30.3 Å². The van der Waals surface area contributed by atoms with Crippen molar-refractivity contribution in [2.75, 3.05) is 20.3 Å². The zero-order chi connectivity index (χ0) is 18.4. The first kappa shape index (κ1) is 18.8. The fourth-order valence-corrected chi connectivity index (χ4v) is 3.21. The molecule has 0 atom stereocenters. The molecule has 1 aromatic carbocycles. The van der Waals surface area contributed by atoms with E-state index in [1.807, 2.05) is 19.1 Å². The molecule has 0 aliphatic carbocycles. The van der Waals surface area contributed by atoms with E-state index in [0.717, 1.165) is 4.88 Å². The zero-order valence-electron chi connectivity index (χ0n) is 14.4. The molecule has 0 bridgehead atoms. The molecule has 1 N–H and O–H groups in total. The van der Waals surface area contributed by atoms with Gasteiger partial charge >= 0.3 is 5.97 Å². The van der Waals surface area contributed by atoms with Gasteiger partial charge in [-0.1, -0.05) is 0 Å². The molecular weight excluding hydrogens is 342 g/mol. The predicted molar refractivity (Wildman–Crippen MR) is 95.6 cm³/mol. The van der Waals surface area contributed by atoms with Crippen LogP contribution in [0.1, 0.15) is 27.0 Å². The number of carbonyl (C=O) groups is 2. The van der Waals surface area contributed by atoms with E-state index in [2.05, 4.69) is 0 Å². The van der Waals surface area contributed by atoms with Gasteiger partial charge in [0, 0.05) is 22.4 Å². The van der Waals surface area contributed by atoms with E-state index in [-0.39, 0.29) is 5.91 Å². The summed E-state index contributed by atoms with van der Waals surface area (Å²) in [6.45, 7) is 4.27. The minimum absolute atomic E-state index is 0.142. The average Bonchev–Trinajstić information content (AvgIpc) is 2.98. The molecule has 0 saturated carbocycles. The SMILES string of the molecule is CCOc1cc(C(=O)N(C)Cc2ccc(C)s2)ccc1OCC(=O)O. The number of hydrogen-bond acceptors (Lipinski definition) is 5. The molecule has 2 rings (SSSR count). The number of thiophene rings is 1. The van der Waals surface area contributed by atoms with E-state index in [1.165, 1.54) is 4.88 Å². The van der Waals surface area contributed by atoms with Gasteiger partial charge < -0.3 is 19.5 Å². The summed E-state index contributed by atoms with van der Waals surface area (Å²) in [4.78, 5) is 27.2. The summed E-state index contributed by atoms with van der Waals surface area (Å²) in [5.41, 5.74) is 0.460. The van der Waals surface area contributed by atoms with Gasteiger partial charge in [-0.3, -0.25) is 4.79 Å². The largest absolute Gasteiger partial charge is 0.490 e. The summed E-state index contributed by atoms with van der Waals surface area (Å²) in [5.74, 6) is -0.558. The smallest absolute Gasteiger partial charge is 0.341 e. The Bertz CT molecular complexity index is 756. The first-order chi connectivity index (χ1) is 11.9. The minimum Gasteiger partial charge on any atom is -0.490 e. The number of amides is 1. The Morgan fingerprint density at radius 3 is 2.52 bits per heavy atom. The maximum Gasteiger partial charge on any atom is 0.341 e. The van der Waals surface area contributed by atoms with Crippen LogP contribution in [0.25, 0.3) is 0 Å². The second-order valence-corrected chi connectivity index (χ2v) is 6.82. The molecule has 1 aromatic heterocycles. The van der Waals surface area contributed by atoms with Crippen molar-refractivity contribution in [1.82, 2.24) is 4.90 Å². The Hall–Kier alpha value is -2.54. The number of aliphatic carboxylic acids is 1. The van der Waals surface area contributed by atoms with Crippen molar-refractivity contribution in [3.05, 3.63) is 45.6 Å². The van der Waals surface area contributed by atoms with Crippen molar-refractivity contribution in [1.29, 1.82) is 0 Å². The van der Waals surface area contributed by atoms with Crippen molar-refractivity contribution in [2.45, 2.75) is 20.4 Å². The first-order valence-corrected chi connectivity index (χ1v) is 8.64. The third kappa shape index (κ3) is 5.22. The van der Waals surface area contributed by atoms with Gasteiger partial charge in [0.25, 0.3) is 5.91 Å². The van der Waals surface area contributed by atoms with E-state index >= 15 is 0 Å². The molecule has 0 aliphatic rings. The molecular formula is C18H21NO5S. The molecule has 25 heavy (non-hydrogen) atoms. The number of rotatable bonds is 8. The van der Waals surface area contributed by atoms with Crippen molar-refractivity contribution in [2.24, 2.45) is 0 Å². The van der Waals surface area contributed by atoms with Gasteiger partial charge in [0.15, 0.2) is 18.1 Å². The average molecular weight is 363 g/mol. The van der Waals surface area contributed by atoms with Crippen molar-refractivity contribution in [3.63, 3.8) is 0 Å². The van der Waals surface area contributed by atoms with Gasteiger partial charge in [0.05, 0.1) is 13.2 Å². The molecule has 6 nitrogen and oxygen atoms in total. The summed E-state index contributed by atoms with van der Waals surface area (Å²) < 4.78 is 10.7. The number of benzene rings is 1. The lowest BCUT2D eigenvalue weighted by atomic mass is 10.1. The second kappa shape index (κ2) is 8.53. The molecule has 0 spiro atoms. The maximum atomic E-state index is 12.6. The zero-order valence-corrected chi connectivity index (χ0v) is 15.3. The molecule has 1 amide bonds. The van der Waals surface area contributed by atoms with Crippen LogP contribution in [0.4, 0.5) is 0 Å². The number of carbonyl (C=O) groups excluding carboxylic acids is 1. The third-order valence-electron chi connectivity index (χ3n) is 3.38. The fraction of sp³-hybridized carbons (Fsp3) is 0.333. The molecule has 0 radical (unpaired) electrons. The van der Waals surface area contributed by atoms with Gasteiger partial charge in [-0.25, -0.2) is 4.79 Å². The van der Waals surface area contributed by atoms with Crippen LogP contribution in [0, 0.1) is 6.92 Å². The van der Waals surface area contributed by atoms with E-state index in [0.29, 0.717) is 30.2 Å². The summed E-state index contributed by atoms with van der Waals surface area (Å²) >= 11 is 1.66. The molecule has 134 valence electrons. The number of carboxylic acids is 1. The maximum absolute atomic E-state index is 12.6. The Balaban J connectivity index is 2.15. The van der Waals surface area contributed by atoms with Gasteiger partial charge in [-0.15, -0.1) is 11.3 Å². The van der Waals surface area contributed by atoms with Gasteiger partial charge in [-0.2, -0.15) is 0 Å². The van der Waals surface area contributed by atoms with E-state index in [9.17, 15) is 9.59 Å². The number of nitrogens with zero attached hydrogens (tertiary/aromatic N) is 1. The molecule has 0 saturated heterocycles. The van der Waals surface area contributed by atoms with E-state index in [4.69, 9.17) is 14.6 Å². The van der Waals surface area contributed by atoms with Crippen LogP contribution in [-0.2, 0) is 11.3 Å². The molecule has 2 aromatic rings. The van der Waals surface area contributed by atoms with Crippen molar-refractivity contribution >= 4 is 23.2 Å². The quantitative estimate of drug-likeness (QED) is 0.779. The van der Waals surface area contributed by atoms with E-state index in [1.54, 1.807) is 48.4 Å². The van der Waals surface area contributed by atoms with Gasteiger partial charge in [0.1, 0.15) is 0 Å². The number of carboxylic acid groups (broad SMARTS) is 1. The van der Waals surface area contributed by atoms with Crippen LogP contribution >= 0.6 is 11.3 Å². The third-order valence-corrected chi connectivity index (χ3v) is 4.36. The van der Waals surface area contributed by atoms with Crippen LogP contribution in [0.3, 0.4) is 0 Å². The Kier molecular flexibility index (Phi) is 6.41.